The molecule has 1 heterocycles. The summed E-state index contributed by atoms with van der Waals surface area (Å²) in [4.78, 5) is 10.5. The van der Waals surface area contributed by atoms with Crippen LogP contribution in [-0.4, -0.2) is 21.8 Å². The largest absolute Gasteiger partial charge is 0.383 e. The number of nitro benzene ring substituents is 1. The molecule has 0 atom stereocenters. The van der Waals surface area contributed by atoms with E-state index in [1.54, 1.807) is 19.2 Å². The highest BCUT2D eigenvalue weighted by atomic mass is 16.6. The Balaban J connectivity index is 2.31. The van der Waals surface area contributed by atoms with Gasteiger partial charge in [-0.15, -0.1) is 0 Å². The average Bonchev–Trinajstić information content (AvgIpc) is 2.67. The molecule has 0 fully saturated rings. The van der Waals surface area contributed by atoms with Gasteiger partial charge in [-0.2, -0.15) is 5.10 Å². The number of nitrogens with one attached hydrogen (secondary N) is 1. The molecule has 0 amide bonds. The number of rotatable bonds is 4. The fourth-order valence-corrected chi connectivity index (χ4v) is 2.05. The SMILES string of the molecule is CNc1cc(Cn2nc(C)cc2C)ccc1[N+](=O)[O-]. The van der Waals surface area contributed by atoms with Gasteiger partial charge in [0.25, 0.3) is 5.69 Å². The van der Waals surface area contributed by atoms with E-state index in [-0.39, 0.29) is 10.6 Å². The molecular weight excluding hydrogens is 244 g/mol. The smallest absolute Gasteiger partial charge is 0.292 e. The number of benzene rings is 1. The van der Waals surface area contributed by atoms with E-state index in [9.17, 15) is 10.1 Å². The van der Waals surface area contributed by atoms with Crippen LogP contribution in [0.3, 0.4) is 0 Å². The molecule has 0 aliphatic rings. The predicted molar refractivity (Wildman–Crippen MR) is 73.4 cm³/mol. The first kappa shape index (κ1) is 13.1. The predicted octanol–water partition coefficient (Wildman–Crippen LogP) is 2.50. The van der Waals surface area contributed by atoms with Crippen molar-refractivity contribution < 1.29 is 4.92 Å². The van der Waals surface area contributed by atoms with Gasteiger partial charge < -0.3 is 5.32 Å². The molecule has 6 nitrogen and oxygen atoms in total. The minimum absolute atomic E-state index is 0.0830. The lowest BCUT2D eigenvalue weighted by molar-refractivity contribution is -0.383. The molecule has 19 heavy (non-hydrogen) atoms. The maximum atomic E-state index is 10.9. The molecule has 0 aliphatic heterocycles. The van der Waals surface area contributed by atoms with Crippen LogP contribution in [0.2, 0.25) is 0 Å². The summed E-state index contributed by atoms with van der Waals surface area (Å²) in [6.45, 7) is 4.54. The van der Waals surface area contributed by atoms with Gasteiger partial charge in [0.2, 0.25) is 0 Å². The maximum absolute atomic E-state index is 10.9. The number of hydrogen-bond acceptors (Lipinski definition) is 4. The monoisotopic (exact) mass is 260 g/mol. The van der Waals surface area contributed by atoms with E-state index in [0.29, 0.717) is 12.2 Å². The molecule has 0 aliphatic carbocycles. The van der Waals surface area contributed by atoms with Crippen molar-refractivity contribution in [2.24, 2.45) is 0 Å². The summed E-state index contributed by atoms with van der Waals surface area (Å²) in [6, 6.07) is 7.07. The van der Waals surface area contributed by atoms with Crippen LogP contribution >= 0.6 is 0 Å². The van der Waals surface area contributed by atoms with E-state index >= 15 is 0 Å². The maximum Gasteiger partial charge on any atom is 0.292 e. The highest BCUT2D eigenvalue weighted by Gasteiger charge is 2.13. The summed E-state index contributed by atoms with van der Waals surface area (Å²) in [5.41, 5.74) is 3.61. The van der Waals surface area contributed by atoms with Crippen LogP contribution in [0.15, 0.2) is 24.3 Å². The standard InChI is InChI=1S/C13H16N4O2/c1-9-6-10(2)16(15-9)8-11-4-5-13(17(18)19)12(7-11)14-3/h4-7,14H,8H2,1-3H3. The fraction of sp³-hybridized carbons (Fsp3) is 0.308. The summed E-state index contributed by atoms with van der Waals surface area (Å²) in [6.07, 6.45) is 0. The summed E-state index contributed by atoms with van der Waals surface area (Å²) in [5, 5.41) is 18.1. The highest BCUT2D eigenvalue weighted by Crippen LogP contribution is 2.25. The first-order valence-electron chi connectivity index (χ1n) is 5.97. The van der Waals surface area contributed by atoms with Crippen LogP contribution in [0.1, 0.15) is 17.0 Å². The zero-order chi connectivity index (χ0) is 14.0. The normalized spacial score (nSPS) is 10.5. The molecule has 0 radical (unpaired) electrons. The third-order valence-corrected chi connectivity index (χ3v) is 2.96. The lowest BCUT2D eigenvalue weighted by atomic mass is 10.1. The molecule has 100 valence electrons. The third-order valence-electron chi connectivity index (χ3n) is 2.96. The zero-order valence-corrected chi connectivity index (χ0v) is 11.2. The van der Waals surface area contributed by atoms with Gasteiger partial charge in [-0.1, -0.05) is 6.07 Å². The second-order valence-corrected chi connectivity index (χ2v) is 4.44. The van der Waals surface area contributed by atoms with Gasteiger partial charge >= 0.3 is 0 Å². The van der Waals surface area contributed by atoms with Crippen molar-refractivity contribution in [3.05, 3.63) is 51.3 Å². The van der Waals surface area contributed by atoms with Crippen molar-refractivity contribution in [3.8, 4) is 0 Å². The van der Waals surface area contributed by atoms with Crippen molar-refractivity contribution in [2.75, 3.05) is 12.4 Å². The Kier molecular flexibility index (Phi) is 3.50. The van der Waals surface area contributed by atoms with Crippen molar-refractivity contribution in [1.29, 1.82) is 0 Å². The van der Waals surface area contributed by atoms with E-state index in [4.69, 9.17) is 0 Å². The van der Waals surface area contributed by atoms with Crippen molar-refractivity contribution in [3.63, 3.8) is 0 Å². The molecule has 0 saturated heterocycles. The quantitative estimate of drug-likeness (QED) is 0.677. The lowest BCUT2D eigenvalue weighted by Crippen LogP contribution is -2.05. The van der Waals surface area contributed by atoms with Gasteiger partial charge in [-0.25, -0.2) is 0 Å². The van der Waals surface area contributed by atoms with Crippen LogP contribution in [0.5, 0.6) is 0 Å². The van der Waals surface area contributed by atoms with Gasteiger partial charge in [0, 0.05) is 18.8 Å². The van der Waals surface area contributed by atoms with Crippen LogP contribution in [0.4, 0.5) is 11.4 Å². The number of nitrogens with zero attached hydrogens (tertiary/aromatic N) is 3. The average molecular weight is 260 g/mol. The van der Waals surface area contributed by atoms with Crippen LogP contribution in [0, 0.1) is 24.0 Å². The molecule has 2 aromatic rings. The number of anilines is 1. The number of aryl methyl sites for hydroxylation is 2. The molecule has 2 rings (SSSR count). The van der Waals surface area contributed by atoms with Gasteiger partial charge in [0.1, 0.15) is 5.69 Å². The van der Waals surface area contributed by atoms with Gasteiger partial charge in [0.15, 0.2) is 0 Å². The summed E-state index contributed by atoms with van der Waals surface area (Å²) in [5.74, 6) is 0. The number of aromatic nitrogens is 2. The van der Waals surface area contributed by atoms with E-state index in [0.717, 1.165) is 17.0 Å². The lowest BCUT2D eigenvalue weighted by Gasteiger charge is -2.07. The topological polar surface area (TPSA) is 73.0 Å². The zero-order valence-electron chi connectivity index (χ0n) is 11.2. The summed E-state index contributed by atoms with van der Waals surface area (Å²) in [7, 11) is 1.68. The van der Waals surface area contributed by atoms with Gasteiger partial charge in [0.05, 0.1) is 17.2 Å². The molecule has 6 heteroatoms. The molecule has 1 aromatic heterocycles. The number of hydrogen-bond donors (Lipinski definition) is 1. The van der Waals surface area contributed by atoms with Gasteiger partial charge in [-0.3, -0.25) is 14.8 Å². The minimum Gasteiger partial charge on any atom is -0.383 e. The molecule has 1 N–H and O–H groups in total. The Morgan fingerprint density at radius 3 is 2.63 bits per heavy atom. The van der Waals surface area contributed by atoms with Crippen molar-refractivity contribution in [1.82, 2.24) is 9.78 Å². The molecular formula is C13H16N4O2. The second-order valence-electron chi connectivity index (χ2n) is 4.44. The molecule has 0 saturated carbocycles. The van der Waals surface area contributed by atoms with Crippen LogP contribution < -0.4 is 5.32 Å². The summed E-state index contributed by atoms with van der Waals surface area (Å²) >= 11 is 0. The fourth-order valence-electron chi connectivity index (χ4n) is 2.05. The minimum atomic E-state index is -0.390. The summed E-state index contributed by atoms with van der Waals surface area (Å²) < 4.78 is 1.88. The van der Waals surface area contributed by atoms with Crippen LogP contribution in [-0.2, 0) is 6.54 Å². The van der Waals surface area contributed by atoms with Crippen molar-refractivity contribution in [2.45, 2.75) is 20.4 Å². The van der Waals surface area contributed by atoms with Crippen LogP contribution in [0.25, 0.3) is 0 Å². The second kappa shape index (κ2) is 5.09. The Morgan fingerprint density at radius 2 is 2.11 bits per heavy atom. The van der Waals surface area contributed by atoms with E-state index in [2.05, 4.69) is 10.4 Å². The highest BCUT2D eigenvalue weighted by molar-refractivity contribution is 5.62. The Labute approximate surface area is 111 Å². The molecule has 0 unspecified atom stereocenters. The Bertz CT molecular complexity index is 619. The molecule has 1 aromatic carbocycles. The van der Waals surface area contributed by atoms with E-state index in [1.807, 2.05) is 24.6 Å². The Morgan fingerprint density at radius 1 is 1.37 bits per heavy atom. The van der Waals surface area contributed by atoms with Crippen molar-refractivity contribution >= 4 is 11.4 Å². The molecule has 0 spiro atoms. The molecule has 0 bridgehead atoms. The van der Waals surface area contributed by atoms with E-state index in [1.165, 1.54) is 6.07 Å². The first-order chi connectivity index (χ1) is 9.01. The number of nitro groups is 1. The third kappa shape index (κ3) is 2.73. The van der Waals surface area contributed by atoms with Gasteiger partial charge in [-0.05, 0) is 31.5 Å². The van der Waals surface area contributed by atoms with E-state index < -0.39 is 0 Å². The first-order valence-corrected chi connectivity index (χ1v) is 5.97. The Hall–Kier alpha value is -2.37.